The molecule has 17 heteroatoms. The van der Waals surface area contributed by atoms with Gasteiger partial charge in [-0.3, -0.25) is 24.0 Å². The van der Waals surface area contributed by atoms with Crippen LogP contribution in [0, 0.1) is 12.8 Å². The molecule has 1 aliphatic rings. The molecule has 0 saturated heterocycles. The fourth-order valence-electron chi connectivity index (χ4n) is 5.33. The number of aryl methyl sites for hydroxylation is 1. The highest BCUT2D eigenvalue weighted by molar-refractivity contribution is 7.99. The molecule has 49 heavy (non-hydrogen) atoms. The van der Waals surface area contributed by atoms with Crippen LogP contribution in [-0.4, -0.2) is 103 Å². The Morgan fingerprint density at radius 3 is 2.33 bits per heavy atom. The van der Waals surface area contributed by atoms with Crippen LogP contribution in [0.5, 0.6) is 0 Å². The smallest absolute Gasteiger partial charge is 0.327 e. The van der Waals surface area contributed by atoms with Crippen molar-refractivity contribution in [3.63, 3.8) is 0 Å². The van der Waals surface area contributed by atoms with E-state index in [1.807, 2.05) is 19.9 Å². The second-order valence-electron chi connectivity index (χ2n) is 12.4. The van der Waals surface area contributed by atoms with Gasteiger partial charge in [-0.15, -0.1) is 11.8 Å². The maximum absolute atomic E-state index is 14.0. The van der Waals surface area contributed by atoms with Crippen molar-refractivity contribution in [2.75, 3.05) is 5.75 Å². The monoisotopic (exact) mass is 698 g/mol. The van der Waals surface area contributed by atoms with Gasteiger partial charge in [0.05, 0.1) is 17.3 Å². The Morgan fingerprint density at radius 2 is 1.69 bits per heavy atom. The van der Waals surface area contributed by atoms with Gasteiger partial charge < -0.3 is 46.8 Å². The minimum atomic E-state index is -1.53. The Morgan fingerprint density at radius 1 is 0.980 bits per heavy atom. The van der Waals surface area contributed by atoms with Crippen molar-refractivity contribution in [1.29, 1.82) is 0 Å². The minimum Gasteiger partial charge on any atom is -0.480 e. The number of nitrogens with zero attached hydrogens (tertiary/aromatic N) is 1. The van der Waals surface area contributed by atoms with E-state index in [1.54, 1.807) is 25.1 Å². The highest BCUT2D eigenvalue weighted by Gasteiger charge is 2.34. The zero-order chi connectivity index (χ0) is 36.0. The zero-order valence-electron chi connectivity index (χ0n) is 27.7. The number of fused-ring (bicyclic) bond motifs is 3. The number of para-hydroxylation sites is 1. The number of rotatable bonds is 6. The third-order valence-electron chi connectivity index (χ3n) is 7.92. The molecular weight excluding hydrogens is 656 g/mol. The molecule has 0 radical (unpaired) electrons. The van der Waals surface area contributed by atoms with Crippen LogP contribution in [0.2, 0.25) is 0 Å². The molecule has 6 atom stereocenters. The first kappa shape index (κ1) is 36.9. The van der Waals surface area contributed by atoms with Crippen molar-refractivity contribution >= 4 is 58.2 Å². The van der Waals surface area contributed by atoms with Crippen molar-refractivity contribution in [2.45, 2.75) is 88.8 Å². The van der Waals surface area contributed by atoms with E-state index in [4.69, 9.17) is 0 Å². The molecule has 0 unspecified atom stereocenters. The lowest BCUT2D eigenvalue weighted by Gasteiger charge is -2.27. The molecule has 2 aromatic heterocycles. The van der Waals surface area contributed by atoms with Crippen LogP contribution >= 0.6 is 11.8 Å². The van der Waals surface area contributed by atoms with E-state index < -0.39 is 71.8 Å². The number of carbonyl (C=O) groups excluding carboxylic acids is 5. The average molecular weight is 699 g/mol. The highest BCUT2D eigenvalue weighted by Crippen LogP contribution is 2.31. The number of carboxylic acid groups (broad SMARTS) is 1. The summed E-state index contributed by atoms with van der Waals surface area (Å²) in [7, 11) is 0. The van der Waals surface area contributed by atoms with Gasteiger partial charge in [-0.2, -0.15) is 0 Å². The van der Waals surface area contributed by atoms with Crippen molar-refractivity contribution in [3.05, 3.63) is 47.5 Å². The van der Waals surface area contributed by atoms with E-state index in [2.05, 4.69) is 41.5 Å². The molecule has 5 amide bonds. The number of carbonyl (C=O) groups is 6. The fraction of sp³-hybridized carbons (Fsp3) is 0.469. The summed E-state index contributed by atoms with van der Waals surface area (Å²) < 4.78 is 0. The summed E-state index contributed by atoms with van der Waals surface area (Å²) in [6.45, 7) is 8.00. The van der Waals surface area contributed by atoms with Crippen molar-refractivity contribution in [1.82, 2.24) is 41.5 Å². The lowest BCUT2D eigenvalue weighted by molar-refractivity contribution is -0.142. The number of aliphatic hydroxyl groups excluding tert-OH is 1. The number of benzene rings is 1. The summed E-state index contributed by atoms with van der Waals surface area (Å²) in [5.74, 6) is -4.86. The molecule has 16 nitrogen and oxygen atoms in total. The van der Waals surface area contributed by atoms with Gasteiger partial charge in [0.2, 0.25) is 23.6 Å². The molecule has 1 aliphatic heterocycles. The molecule has 9 N–H and O–H groups in total. The number of carboxylic acids is 1. The van der Waals surface area contributed by atoms with E-state index in [9.17, 15) is 39.0 Å². The van der Waals surface area contributed by atoms with E-state index >= 15 is 0 Å². The molecule has 0 saturated carbocycles. The maximum atomic E-state index is 14.0. The van der Waals surface area contributed by atoms with Gasteiger partial charge in [-0.05, 0) is 44.7 Å². The third kappa shape index (κ3) is 9.38. The molecule has 0 aliphatic carbocycles. The van der Waals surface area contributed by atoms with Crippen LogP contribution in [0.1, 0.15) is 56.0 Å². The fourth-order valence-corrected chi connectivity index (χ4v) is 6.44. The summed E-state index contributed by atoms with van der Waals surface area (Å²) in [5, 5.41) is 34.3. The van der Waals surface area contributed by atoms with E-state index in [-0.39, 0.29) is 30.2 Å². The molecule has 0 spiro atoms. The van der Waals surface area contributed by atoms with E-state index in [0.29, 0.717) is 27.3 Å². The first-order valence-electron chi connectivity index (χ1n) is 15.8. The zero-order valence-corrected chi connectivity index (χ0v) is 28.6. The van der Waals surface area contributed by atoms with Gasteiger partial charge in [-0.25, -0.2) is 9.78 Å². The Labute approximate surface area is 286 Å². The number of amides is 5. The quantitative estimate of drug-likeness (QED) is 0.168. The maximum Gasteiger partial charge on any atom is 0.327 e. The Hall–Kier alpha value is -4.90. The number of hydrogen-bond acceptors (Lipinski definition) is 9. The van der Waals surface area contributed by atoms with Gasteiger partial charge >= 0.3 is 5.97 Å². The number of imidazole rings is 1. The Kier molecular flexibility index (Phi) is 12.1. The second-order valence-corrected chi connectivity index (χ2v) is 13.5. The largest absolute Gasteiger partial charge is 0.480 e. The predicted molar refractivity (Wildman–Crippen MR) is 179 cm³/mol. The average Bonchev–Trinajstić information content (AvgIpc) is 3.62. The normalized spacial score (nSPS) is 23.7. The topological polar surface area (TPSA) is 247 Å². The van der Waals surface area contributed by atoms with Crippen LogP contribution in [-0.2, 0) is 30.4 Å². The second kappa shape index (κ2) is 16.0. The number of aromatic amines is 2. The minimum absolute atomic E-state index is 0.0684. The molecule has 4 rings (SSSR count). The van der Waals surface area contributed by atoms with Crippen LogP contribution < -0.4 is 26.6 Å². The van der Waals surface area contributed by atoms with Crippen LogP contribution in [0.25, 0.3) is 10.9 Å². The van der Waals surface area contributed by atoms with Gasteiger partial charge in [0, 0.05) is 23.1 Å². The number of H-pyrrole nitrogens is 2. The van der Waals surface area contributed by atoms with Gasteiger partial charge in [-0.1, -0.05) is 32.0 Å². The number of aromatic nitrogens is 3. The molecule has 3 heterocycles. The van der Waals surface area contributed by atoms with Crippen molar-refractivity contribution < 1.29 is 39.0 Å². The lowest BCUT2D eigenvalue weighted by atomic mass is 10.0. The number of hydrogen-bond donors (Lipinski definition) is 9. The van der Waals surface area contributed by atoms with Gasteiger partial charge in [0.15, 0.2) is 0 Å². The van der Waals surface area contributed by atoms with Crippen LogP contribution in [0.4, 0.5) is 0 Å². The molecule has 3 aromatic rings. The summed E-state index contributed by atoms with van der Waals surface area (Å²) >= 11 is 1.07. The predicted octanol–water partition coefficient (Wildman–Crippen LogP) is 0.117. The van der Waals surface area contributed by atoms with Crippen molar-refractivity contribution in [2.24, 2.45) is 5.92 Å². The Bertz CT molecular complexity index is 1720. The SMILES string of the molecule is Cc1ncc(C(=O)N[C@H]2Cc3c([nH]c4ccccc34)SC[C@@H](C(=O)O)NC(=O)[C@H]([C@@H](C)O)NC(=O)[C@@H](C)NC(=O)[C@H](CC(C)C)NC2=O)[nH]1. The van der Waals surface area contributed by atoms with Crippen molar-refractivity contribution in [3.8, 4) is 0 Å². The number of nitrogens with one attached hydrogen (secondary N) is 7. The number of aliphatic carboxylic acids is 1. The molecule has 264 valence electrons. The Balaban J connectivity index is 1.80. The lowest BCUT2D eigenvalue weighted by Crippen LogP contribution is -2.60. The summed E-state index contributed by atoms with van der Waals surface area (Å²) in [6, 6.07) is 0.670. The summed E-state index contributed by atoms with van der Waals surface area (Å²) in [5.41, 5.74) is 1.38. The first-order valence-corrected chi connectivity index (χ1v) is 16.8. The van der Waals surface area contributed by atoms with E-state index in [1.165, 1.54) is 20.0 Å². The first-order chi connectivity index (χ1) is 23.1. The van der Waals surface area contributed by atoms with Crippen LogP contribution in [0.3, 0.4) is 0 Å². The number of aliphatic hydroxyl groups is 1. The third-order valence-corrected chi connectivity index (χ3v) is 9.05. The highest BCUT2D eigenvalue weighted by atomic mass is 32.2. The molecule has 0 bridgehead atoms. The summed E-state index contributed by atoms with van der Waals surface area (Å²) in [4.78, 5) is 89.5. The summed E-state index contributed by atoms with van der Waals surface area (Å²) in [6.07, 6.45) is 0.0433. The molecule has 1 aromatic carbocycles. The van der Waals surface area contributed by atoms with E-state index in [0.717, 1.165) is 11.8 Å². The van der Waals surface area contributed by atoms with Gasteiger partial charge in [0.1, 0.15) is 41.7 Å². The number of thioether (sulfide) groups is 1. The standard InChI is InChI=1S/C32H42N8O8S/c1-14(2)10-21-27(43)34-15(3)26(42)40-25(16(4)41)30(46)38-24(32(47)48)13-49-31-19(18-8-6-7-9-20(18)39-31)11-22(28(44)36-21)37-29(45)23-12-33-17(5)35-23/h6-9,12,14-16,21-22,24-25,39,41H,10-11,13H2,1-5H3,(H,33,35)(H,34,43)(H,36,44)(H,37,45)(H,38,46)(H,40,42)(H,47,48)/t15-,16-,21+,22+,24+,25+/m1/s1. The van der Waals surface area contributed by atoms with Crippen LogP contribution in [0.15, 0.2) is 35.5 Å². The molecular formula is C32H42N8O8S. The molecule has 0 fully saturated rings. The van der Waals surface area contributed by atoms with Gasteiger partial charge in [0.25, 0.3) is 5.91 Å².